The molecule has 0 spiro atoms. The van der Waals surface area contributed by atoms with Crippen LogP contribution < -0.4 is 14.4 Å². The van der Waals surface area contributed by atoms with Crippen LogP contribution in [-0.2, 0) is 14.8 Å². The van der Waals surface area contributed by atoms with Crippen molar-refractivity contribution in [2.45, 2.75) is 26.9 Å². The number of sulfonamides is 1. The van der Waals surface area contributed by atoms with Crippen molar-refractivity contribution >= 4 is 27.3 Å². The van der Waals surface area contributed by atoms with Gasteiger partial charge in [0.15, 0.2) is 6.10 Å². The number of hydrogen-bond donors (Lipinski definition) is 1. The highest BCUT2D eigenvalue weighted by Crippen LogP contribution is 2.21. The predicted octanol–water partition coefficient (Wildman–Crippen LogP) is 3.11. The normalized spacial score (nSPS) is 12.3. The molecule has 0 heterocycles. The second kappa shape index (κ2) is 7.78. The van der Waals surface area contributed by atoms with Gasteiger partial charge in [0, 0.05) is 12.7 Å². The maximum Gasteiger partial charge on any atom is 0.265 e. The Kier molecular flexibility index (Phi) is 5.92. The zero-order chi connectivity index (χ0) is 19.5. The summed E-state index contributed by atoms with van der Waals surface area (Å²) < 4.78 is 30.1. The molecule has 2 rings (SSSR count). The van der Waals surface area contributed by atoms with Gasteiger partial charge in [0.05, 0.1) is 11.9 Å². The van der Waals surface area contributed by atoms with Gasteiger partial charge in [-0.2, -0.15) is 0 Å². The van der Waals surface area contributed by atoms with Crippen molar-refractivity contribution < 1.29 is 17.9 Å². The molecule has 0 saturated heterocycles. The molecule has 0 radical (unpaired) electrons. The molecule has 0 aliphatic heterocycles. The van der Waals surface area contributed by atoms with Crippen LogP contribution in [0.4, 0.5) is 11.4 Å². The van der Waals surface area contributed by atoms with Crippen molar-refractivity contribution in [3.8, 4) is 5.75 Å². The van der Waals surface area contributed by atoms with Gasteiger partial charge in [-0.05, 0) is 62.2 Å². The summed E-state index contributed by atoms with van der Waals surface area (Å²) in [4.78, 5) is 12.4. The molecule has 0 aromatic heterocycles. The molecule has 0 aliphatic carbocycles. The van der Waals surface area contributed by atoms with E-state index in [0.29, 0.717) is 17.1 Å². The van der Waals surface area contributed by atoms with Crippen LogP contribution >= 0.6 is 0 Å². The monoisotopic (exact) mass is 376 g/mol. The number of aryl methyl sites for hydroxylation is 2. The first-order valence-electron chi connectivity index (χ1n) is 8.16. The fraction of sp³-hybridized carbons (Fsp3) is 0.316. The number of nitrogens with zero attached hydrogens (tertiary/aromatic N) is 1. The molecule has 0 unspecified atom stereocenters. The van der Waals surface area contributed by atoms with Crippen LogP contribution in [0.2, 0.25) is 0 Å². The first-order chi connectivity index (χ1) is 12.1. The molecular weight excluding hydrogens is 352 g/mol. The van der Waals surface area contributed by atoms with E-state index in [2.05, 4.69) is 5.32 Å². The number of carbonyl (C=O) groups excluding carboxylic acids is 1. The van der Waals surface area contributed by atoms with Gasteiger partial charge in [-0.15, -0.1) is 0 Å². The molecule has 1 N–H and O–H groups in total. The zero-order valence-corrected chi connectivity index (χ0v) is 16.4. The zero-order valence-electron chi connectivity index (χ0n) is 15.6. The number of carbonyl (C=O) groups is 1. The van der Waals surface area contributed by atoms with Gasteiger partial charge in [0.1, 0.15) is 5.75 Å². The summed E-state index contributed by atoms with van der Waals surface area (Å²) in [7, 11) is -1.91. The summed E-state index contributed by atoms with van der Waals surface area (Å²) in [5.74, 6) is 0.309. The first kappa shape index (κ1) is 19.8. The molecule has 1 atom stereocenters. The maximum absolute atomic E-state index is 12.4. The van der Waals surface area contributed by atoms with Crippen LogP contribution in [0, 0.1) is 13.8 Å². The molecule has 2 aromatic rings. The molecule has 140 valence electrons. The van der Waals surface area contributed by atoms with Gasteiger partial charge >= 0.3 is 0 Å². The number of nitrogens with one attached hydrogen (secondary N) is 1. The topological polar surface area (TPSA) is 75.7 Å². The van der Waals surface area contributed by atoms with Crippen LogP contribution in [0.1, 0.15) is 18.1 Å². The summed E-state index contributed by atoms with van der Waals surface area (Å²) >= 11 is 0. The Bertz CT molecular complexity index is 910. The Morgan fingerprint density at radius 1 is 1.12 bits per heavy atom. The Balaban J connectivity index is 2.08. The Morgan fingerprint density at radius 2 is 1.81 bits per heavy atom. The number of amides is 1. The van der Waals surface area contributed by atoms with Gasteiger partial charge in [-0.25, -0.2) is 8.42 Å². The molecule has 7 heteroatoms. The number of anilines is 2. The molecule has 0 saturated carbocycles. The van der Waals surface area contributed by atoms with Crippen LogP contribution in [0.15, 0.2) is 42.5 Å². The van der Waals surface area contributed by atoms with E-state index in [1.54, 1.807) is 31.2 Å². The highest BCUT2D eigenvalue weighted by atomic mass is 32.2. The lowest BCUT2D eigenvalue weighted by Gasteiger charge is -2.19. The standard InChI is InChI=1S/C19H24N2O4S/c1-13-9-10-18(11-14(13)2)25-15(3)19(22)20-16-7-6-8-17(12-16)21(4)26(5,23)24/h6-12,15H,1-5H3,(H,20,22)/t15-/m0/s1. The van der Waals surface area contributed by atoms with E-state index in [1.165, 1.54) is 7.05 Å². The molecule has 2 aromatic carbocycles. The lowest BCUT2D eigenvalue weighted by Crippen LogP contribution is -2.30. The largest absolute Gasteiger partial charge is 0.481 e. The lowest BCUT2D eigenvalue weighted by molar-refractivity contribution is -0.122. The van der Waals surface area contributed by atoms with Crippen molar-refractivity contribution in [1.82, 2.24) is 0 Å². The van der Waals surface area contributed by atoms with Crippen molar-refractivity contribution in [3.63, 3.8) is 0 Å². The highest BCUT2D eigenvalue weighted by molar-refractivity contribution is 7.92. The number of benzene rings is 2. The van der Waals surface area contributed by atoms with Crippen LogP contribution in [0.5, 0.6) is 5.75 Å². The second-order valence-corrected chi connectivity index (χ2v) is 8.29. The number of ether oxygens (including phenoxy) is 1. The minimum atomic E-state index is -3.37. The Morgan fingerprint density at radius 3 is 2.42 bits per heavy atom. The summed E-state index contributed by atoms with van der Waals surface area (Å²) in [6, 6.07) is 12.3. The number of hydrogen-bond acceptors (Lipinski definition) is 4. The minimum absolute atomic E-state index is 0.317. The predicted molar refractivity (Wildman–Crippen MR) is 104 cm³/mol. The van der Waals surface area contributed by atoms with Crippen molar-refractivity contribution in [1.29, 1.82) is 0 Å². The minimum Gasteiger partial charge on any atom is -0.481 e. The SMILES string of the molecule is Cc1ccc(O[C@@H](C)C(=O)Nc2cccc(N(C)S(C)(=O)=O)c2)cc1C. The maximum atomic E-state index is 12.4. The van der Waals surface area contributed by atoms with Crippen LogP contribution in [0.25, 0.3) is 0 Å². The second-order valence-electron chi connectivity index (χ2n) is 6.28. The van der Waals surface area contributed by atoms with E-state index in [9.17, 15) is 13.2 Å². The van der Waals surface area contributed by atoms with E-state index in [0.717, 1.165) is 21.7 Å². The molecule has 26 heavy (non-hydrogen) atoms. The lowest BCUT2D eigenvalue weighted by atomic mass is 10.1. The number of rotatable bonds is 6. The van der Waals surface area contributed by atoms with E-state index in [4.69, 9.17) is 4.74 Å². The van der Waals surface area contributed by atoms with Gasteiger partial charge in [0.25, 0.3) is 5.91 Å². The van der Waals surface area contributed by atoms with E-state index >= 15 is 0 Å². The molecule has 6 nitrogen and oxygen atoms in total. The fourth-order valence-electron chi connectivity index (χ4n) is 2.26. The van der Waals surface area contributed by atoms with Gasteiger partial charge in [0.2, 0.25) is 10.0 Å². The van der Waals surface area contributed by atoms with Crippen molar-refractivity contribution in [2.24, 2.45) is 0 Å². The van der Waals surface area contributed by atoms with Crippen molar-refractivity contribution in [2.75, 3.05) is 22.9 Å². The van der Waals surface area contributed by atoms with Gasteiger partial charge in [-0.3, -0.25) is 9.10 Å². The highest BCUT2D eigenvalue weighted by Gasteiger charge is 2.17. The Hall–Kier alpha value is -2.54. The third-order valence-electron chi connectivity index (χ3n) is 4.14. The van der Waals surface area contributed by atoms with Gasteiger partial charge < -0.3 is 10.1 Å². The molecule has 0 bridgehead atoms. The van der Waals surface area contributed by atoms with Crippen LogP contribution in [0.3, 0.4) is 0 Å². The first-order valence-corrected chi connectivity index (χ1v) is 10.0. The van der Waals surface area contributed by atoms with Crippen LogP contribution in [-0.4, -0.2) is 33.7 Å². The average Bonchev–Trinajstić information content (AvgIpc) is 2.56. The third kappa shape index (κ3) is 4.98. The fourth-order valence-corrected chi connectivity index (χ4v) is 2.76. The molecule has 1 amide bonds. The summed E-state index contributed by atoms with van der Waals surface area (Å²) in [5.41, 5.74) is 3.21. The van der Waals surface area contributed by atoms with E-state index < -0.39 is 16.1 Å². The molecule has 0 fully saturated rings. The smallest absolute Gasteiger partial charge is 0.265 e. The van der Waals surface area contributed by atoms with E-state index in [1.807, 2.05) is 32.0 Å². The van der Waals surface area contributed by atoms with Gasteiger partial charge in [-0.1, -0.05) is 12.1 Å². The van der Waals surface area contributed by atoms with Crippen molar-refractivity contribution in [3.05, 3.63) is 53.6 Å². The third-order valence-corrected chi connectivity index (χ3v) is 5.34. The Labute approximate surface area is 154 Å². The summed E-state index contributed by atoms with van der Waals surface area (Å²) in [6.07, 6.45) is 0.422. The summed E-state index contributed by atoms with van der Waals surface area (Å²) in [6.45, 7) is 5.66. The summed E-state index contributed by atoms with van der Waals surface area (Å²) in [5, 5.41) is 2.75. The molecular formula is C19H24N2O4S. The average molecular weight is 376 g/mol. The van der Waals surface area contributed by atoms with E-state index in [-0.39, 0.29) is 5.91 Å². The molecule has 0 aliphatic rings. The quantitative estimate of drug-likeness (QED) is 0.840.